The first-order chi connectivity index (χ1) is 12.2. The van der Waals surface area contributed by atoms with Crippen molar-refractivity contribution in [2.45, 2.75) is 26.4 Å². The summed E-state index contributed by atoms with van der Waals surface area (Å²) >= 11 is 0. The molecule has 3 heterocycles. The maximum absolute atomic E-state index is 4.95. The van der Waals surface area contributed by atoms with Crippen molar-refractivity contribution in [3.63, 3.8) is 0 Å². The van der Waals surface area contributed by atoms with Crippen LogP contribution >= 0.6 is 0 Å². The van der Waals surface area contributed by atoms with Crippen LogP contribution in [0.5, 0.6) is 0 Å². The van der Waals surface area contributed by atoms with E-state index in [1.165, 1.54) is 11.1 Å². The van der Waals surface area contributed by atoms with Crippen LogP contribution in [0.25, 0.3) is 5.69 Å². The maximum Gasteiger partial charge on any atom is 0.206 e. The lowest BCUT2D eigenvalue weighted by Crippen LogP contribution is -2.43. The number of guanidine groups is 1. The van der Waals surface area contributed by atoms with Gasteiger partial charge in [-0.3, -0.25) is 0 Å². The number of aromatic nitrogens is 2. The highest BCUT2D eigenvalue weighted by Gasteiger charge is 2.33. The smallest absolute Gasteiger partial charge is 0.206 e. The third-order valence-corrected chi connectivity index (χ3v) is 5.10. The van der Waals surface area contributed by atoms with E-state index in [0.29, 0.717) is 0 Å². The van der Waals surface area contributed by atoms with Crippen LogP contribution in [0, 0.1) is 6.92 Å². The third kappa shape index (κ3) is 2.09. The first kappa shape index (κ1) is 14.3. The molecule has 124 valence electrons. The Bertz CT molecular complexity index is 987. The number of fused-ring (bicyclic) bond motifs is 3. The van der Waals surface area contributed by atoms with Gasteiger partial charge in [-0.15, -0.1) is 0 Å². The molecule has 5 rings (SSSR count). The van der Waals surface area contributed by atoms with Gasteiger partial charge in [-0.1, -0.05) is 36.4 Å². The number of nitrogens with one attached hydrogen (secondary N) is 1. The number of aryl methyl sites for hydroxylation is 1. The highest BCUT2D eigenvalue weighted by molar-refractivity contribution is 5.99. The number of hydrogen-bond acceptors (Lipinski definition) is 4. The van der Waals surface area contributed by atoms with E-state index in [1.807, 2.05) is 22.9 Å². The van der Waals surface area contributed by atoms with Crippen molar-refractivity contribution in [1.29, 1.82) is 0 Å². The van der Waals surface area contributed by atoms with E-state index in [9.17, 15) is 0 Å². The second kappa shape index (κ2) is 5.21. The van der Waals surface area contributed by atoms with E-state index in [1.54, 1.807) is 0 Å². The van der Waals surface area contributed by atoms with Crippen LogP contribution in [0.15, 0.2) is 59.6 Å². The van der Waals surface area contributed by atoms with Gasteiger partial charge in [0.2, 0.25) is 5.96 Å². The molecule has 0 radical (unpaired) electrons. The molecule has 5 heteroatoms. The highest BCUT2D eigenvalue weighted by Crippen LogP contribution is 2.39. The summed E-state index contributed by atoms with van der Waals surface area (Å²) in [5.74, 6) is 1.82. The lowest BCUT2D eigenvalue weighted by Gasteiger charge is -2.40. The molecule has 0 aliphatic carbocycles. The topological polar surface area (TPSA) is 45.5 Å². The van der Waals surface area contributed by atoms with Crippen molar-refractivity contribution >= 4 is 17.5 Å². The standard InChI is InChI=1S/C20H19N5/c1-13-17-12-24-14(2)16-10-6-7-11-18(16)21-20(24)22-19(17)25(23-13)15-8-4-3-5-9-15/h3-11,14H,12H2,1-2H3,(H,21,22)/t14-/m0/s1. The zero-order chi connectivity index (χ0) is 17.0. The molecule has 0 amide bonds. The predicted octanol–water partition coefficient (Wildman–Crippen LogP) is 4.17. The van der Waals surface area contributed by atoms with Gasteiger partial charge < -0.3 is 10.2 Å². The monoisotopic (exact) mass is 329 g/mol. The zero-order valence-corrected chi connectivity index (χ0v) is 14.3. The van der Waals surface area contributed by atoms with Crippen molar-refractivity contribution in [3.05, 3.63) is 71.4 Å². The largest absolute Gasteiger partial charge is 0.331 e. The van der Waals surface area contributed by atoms with Gasteiger partial charge in [0, 0.05) is 11.3 Å². The third-order valence-electron chi connectivity index (χ3n) is 5.10. The van der Waals surface area contributed by atoms with Gasteiger partial charge in [-0.2, -0.15) is 10.1 Å². The van der Waals surface area contributed by atoms with Crippen LogP contribution in [0.3, 0.4) is 0 Å². The molecule has 1 atom stereocenters. The summed E-state index contributed by atoms with van der Waals surface area (Å²) in [6.45, 7) is 5.11. The Morgan fingerprint density at radius 1 is 1.04 bits per heavy atom. The van der Waals surface area contributed by atoms with Gasteiger partial charge >= 0.3 is 0 Å². The average Bonchev–Trinajstić information content (AvgIpc) is 2.97. The van der Waals surface area contributed by atoms with Crippen LogP contribution in [-0.4, -0.2) is 20.6 Å². The van der Waals surface area contributed by atoms with Crippen molar-refractivity contribution in [2.24, 2.45) is 4.99 Å². The molecule has 2 aliphatic heterocycles. The number of para-hydroxylation sites is 2. The van der Waals surface area contributed by atoms with Gasteiger partial charge in [0.25, 0.3) is 0 Å². The summed E-state index contributed by atoms with van der Waals surface area (Å²) in [6, 6.07) is 18.9. The molecule has 2 aromatic carbocycles. The zero-order valence-electron chi connectivity index (χ0n) is 14.3. The quantitative estimate of drug-likeness (QED) is 0.729. The normalized spacial score (nSPS) is 17.9. The molecule has 1 aromatic heterocycles. The predicted molar refractivity (Wildman–Crippen MR) is 99.4 cm³/mol. The molecule has 25 heavy (non-hydrogen) atoms. The van der Waals surface area contributed by atoms with Crippen molar-refractivity contribution < 1.29 is 0 Å². The number of aliphatic imine (C=N–C) groups is 1. The fraction of sp³-hybridized carbons (Fsp3) is 0.200. The fourth-order valence-corrected chi connectivity index (χ4v) is 3.69. The molecule has 0 unspecified atom stereocenters. The fourth-order valence-electron chi connectivity index (χ4n) is 3.69. The summed E-state index contributed by atoms with van der Waals surface area (Å²) < 4.78 is 1.95. The molecule has 0 fully saturated rings. The van der Waals surface area contributed by atoms with Crippen LogP contribution in [0.2, 0.25) is 0 Å². The Morgan fingerprint density at radius 2 is 1.80 bits per heavy atom. The Labute approximate surface area is 146 Å². The molecule has 0 bridgehead atoms. The van der Waals surface area contributed by atoms with Gasteiger partial charge in [-0.25, -0.2) is 4.68 Å². The van der Waals surface area contributed by atoms with Crippen LogP contribution < -0.4 is 5.32 Å². The Balaban J connectivity index is 1.65. The van der Waals surface area contributed by atoms with E-state index >= 15 is 0 Å². The molecular formula is C20H19N5. The van der Waals surface area contributed by atoms with Gasteiger partial charge in [0.1, 0.15) is 0 Å². The average molecular weight is 329 g/mol. The summed E-state index contributed by atoms with van der Waals surface area (Å²) in [5.41, 5.74) is 5.70. The minimum atomic E-state index is 0.281. The molecule has 0 saturated carbocycles. The van der Waals surface area contributed by atoms with E-state index < -0.39 is 0 Å². The number of hydrogen-bond donors (Lipinski definition) is 1. The number of nitrogens with zero attached hydrogens (tertiary/aromatic N) is 4. The van der Waals surface area contributed by atoms with E-state index in [2.05, 4.69) is 60.5 Å². The minimum absolute atomic E-state index is 0.281. The van der Waals surface area contributed by atoms with E-state index in [0.717, 1.165) is 35.4 Å². The second-order valence-electron chi connectivity index (χ2n) is 6.59. The lowest BCUT2D eigenvalue weighted by atomic mass is 10.0. The van der Waals surface area contributed by atoms with Gasteiger partial charge in [0.15, 0.2) is 5.82 Å². The number of rotatable bonds is 1. The number of benzene rings is 2. The molecule has 2 aliphatic rings. The van der Waals surface area contributed by atoms with Gasteiger partial charge in [0.05, 0.1) is 24.0 Å². The SMILES string of the molecule is Cc1nn(-c2ccccc2)c2c1CN1C(=N2)Nc2ccccc2[C@@H]1C. The van der Waals surface area contributed by atoms with Crippen LogP contribution in [-0.2, 0) is 6.54 Å². The molecule has 5 nitrogen and oxygen atoms in total. The van der Waals surface area contributed by atoms with Crippen LogP contribution in [0.1, 0.15) is 29.8 Å². The second-order valence-corrected chi connectivity index (χ2v) is 6.59. The summed E-state index contributed by atoms with van der Waals surface area (Å²) in [7, 11) is 0. The minimum Gasteiger partial charge on any atom is -0.331 e. The molecule has 1 N–H and O–H groups in total. The molecular weight excluding hydrogens is 310 g/mol. The Kier molecular flexibility index (Phi) is 2.98. The van der Waals surface area contributed by atoms with Crippen molar-refractivity contribution in [3.8, 4) is 5.69 Å². The summed E-state index contributed by atoms with van der Waals surface area (Å²) in [5, 5.41) is 8.24. The highest BCUT2D eigenvalue weighted by atomic mass is 15.4. The van der Waals surface area contributed by atoms with E-state index in [4.69, 9.17) is 10.1 Å². The Morgan fingerprint density at radius 3 is 2.64 bits per heavy atom. The molecule has 0 spiro atoms. The van der Waals surface area contributed by atoms with Gasteiger partial charge in [-0.05, 0) is 37.6 Å². The molecule has 3 aromatic rings. The lowest BCUT2D eigenvalue weighted by molar-refractivity contribution is 0.318. The van der Waals surface area contributed by atoms with Crippen LogP contribution in [0.4, 0.5) is 11.5 Å². The van der Waals surface area contributed by atoms with Crippen molar-refractivity contribution in [2.75, 3.05) is 5.32 Å². The Hall–Kier alpha value is -3.08. The molecule has 0 saturated heterocycles. The first-order valence-electron chi connectivity index (χ1n) is 8.57. The summed E-state index contributed by atoms with van der Waals surface area (Å²) in [4.78, 5) is 7.26. The number of anilines is 1. The maximum atomic E-state index is 4.95. The first-order valence-corrected chi connectivity index (χ1v) is 8.57. The summed E-state index contributed by atoms with van der Waals surface area (Å²) in [6.07, 6.45) is 0. The van der Waals surface area contributed by atoms with E-state index in [-0.39, 0.29) is 6.04 Å². The van der Waals surface area contributed by atoms with Crippen molar-refractivity contribution in [1.82, 2.24) is 14.7 Å².